The van der Waals surface area contributed by atoms with Crippen molar-refractivity contribution in [3.05, 3.63) is 34.4 Å². The maximum Gasteiger partial charge on any atom is 0.263 e. The van der Waals surface area contributed by atoms with Crippen LogP contribution in [-0.2, 0) is 4.79 Å². The highest BCUT2D eigenvalue weighted by molar-refractivity contribution is 8.26. The maximum atomic E-state index is 11.8. The van der Waals surface area contributed by atoms with Gasteiger partial charge in [0.1, 0.15) is 10.1 Å². The maximum absolute atomic E-state index is 11.8. The Hall–Kier alpha value is -1.79. The number of amides is 1. The number of aromatic amines is 1. The van der Waals surface area contributed by atoms with E-state index in [-0.39, 0.29) is 5.91 Å². The molecule has 2 N–H and O–H groups in total. The molecule has 1 saturated heterocycles. The van der Waals surface area contributed by atoms with Crippen LogP contribution in [0.2, 0.25) is 0 Å². The number of methoxy groups -OCH3 is 1. The Labute approximate surface area is 125 Å². The van der Waals surface area contributed by atoms with E-state index in [0.717, 1.165) is 27.9 Å². The molecular weight excluding hydrogens is 292 g/mol. The molecule has 0 atom stereocenters. The van der Waals surface area contributed by atoms with Gasteiger partial charge in [-0.2, -0.15) is 0 Å². The van der Waals surface area contributed by atoms with Crippen LogP contribution in [0.25, 0.3) is 17.0 Å². The number of aromatic nitrogens is 1. The molecule has 0 radical (unpaired) electrons. The number of H-pyrrole nitrogens is 1. The minimum atomic E-state index is -0.142. The summed E-state index contributed by atoms with van der Waals surface area (Å²) < 4.78 is 5.75. The molecule has 1 aromatic heterocycles. The quantitative estimate of drug-likeness (QED) is 0.661. The number of rotatable bonds is 2. The number of thiocarbonyl (C=S) groups is 1. The van der Waals surface area contributed by atoms with Crippen LogP contribution < -0.4 is 10.1 Å². The summed E-state index contributed by atoms with van der Waals surface area (Å²) >= 11 is 6.29. The van der Waals surface area contributed by atoms with Crippen molar-refractivity contribution in [2.24, 2.45) is 0 Å². The van der Waals surface area contributed by atoms with Gasteiger partial charge in [0.25, 0.3) is 5.91 Å². The standard InChI is InChI=1S/C14H12N2O2S2/c1-7-9(6-12-13(17)16-14(19)20-12)10-5-8(18-2)3-4-11(10)15-7/h3-6,15H,1-2H3,(H,16,17,19)/b12-6+. The Kier molecular flexibility index (Phi) is 3.27. The Morgan fingerprint density at radius 2 is 2.20 bits per heavy atom. The van der Waals surface area contributed by atoms with Gasteiger partial charge in [0.15, 0.2) is 0 Å². The van der Waals surface area contributed by atoms with E-state index in [1.807, 2.05) is 31.2 Å². The lowest BCUT2D eigenvalue weighted by Gasteiger charge is -2.00. The molecule has 6 heteroatoms. The summed E-state index contributed by atoms with van der Waals surface area (Å²) in [6.45, 7) is 1.98. The van der Waals surface area contributed by atoms with Gasteiger partial charge in [-0.15, -0.1) is 0 Å². The summed E-state index contributed by atoms with van der Waals surface area (Å²) in [5, 5.41) is 3.65. The molecule has 1 amide bonds. The molecule has 3 rings (SSSR count). The largest absolute Gasteiger partial charge is 0.497 e. The number of carbonyl (C=O) groups is 1. The Morgan fingerprint density at radius 3 is 2.85 bits per heavy atom. The first kappa shape index (κ1) is 13.2. The van der Waals surface area contributed by atoms with Gasteiger partial charge in [-0.3, -0.25) is 4.79 Å². The number of ether oxygens (including phenoxy) is 1. The Bertz CT molecular complexity index is 762. The third-order valence-corrected chi connectivity index (χ3v) is 4.32. The molecule has 0 spiro atoms. The van der Waals surface area contributed by atoms with Gasteiger partial charge in [-0.05, 0) is 31.2 Å². The summed E-state index contributed by atoms with van der Waals surface area (Å²) in [5.74, 6) is 0.645. The van der Waals surface area contributed by atoms with Gasteiger partial charge in [-0.25, -0.2) is 0 Å². The summed E-state index contributed by atoms with van der Waals surface area (Å²) in [5.41, 5.74) is 3.01. The average molecular weight is 304 g/mol. The van der Waals surface area contributed by atoms with Crippen molar-refractivity contribution in [3.63, 3.8) is 0 Å². The summed E-state index contributed by atoms with van der Waals surface area (Å²) in [6.07, 6.45) is 1.87. The number of aryl methyl sites for hydroxylation is 1. The van der Waals surface area contributed by atoms with Crippen LogP contribution in [-0.4, -0.2) is 22.3 Å². The smallest absolute Gasteiger partial charge is 0.263 e. The van der Waals surface area contributed by atoms with Crippen LogP contribution >= 0.6 is 24.0 Å². The highest BCUT2D eigenvalue weighted by Crippen LogP contribution is 2.32. The minimum Gasteiger partial charge on any atom is -0.497 e. The molecule has 20 heavy (non-hydrogen) atoms. The van der Waals surface area contributed by atoms with Crippen molar-refractivity contribution in [2.75, 3.05) is 7.11 Å². The van der Waals surface area contributed by atoms with Crippen molar-refractivity contribution in [1.29, 1.82) is 0 Å². The number of carbonyl (C=O) groups excluding carboxylic acids is 1. The number of thioether (sulfide) groups is 1. The van der Waals surface area contributed by atoms with E-state index in [4.69, 9.17) is 17.0 Å². The minimum absolute atomic E-state index is 0.142. The Morgan fingerprint density at radius 1 is 1.40 bits per heavy atom. The molecule has 1 aliphatic heterocycles. The van der Waals surface area contributed by atoms with Crippen molar-refractivity contribution in [2.45, 2.75) is 6.92 Å². The molecule has 0 saturated carbocycles. The molecule has 4 nitrogen and oxygen atoms in total. The predicted octanol–water partition coefficient (Wildman–Crippen LogP) is 2.97. The van der Waals surface area contributed by atoms with Crippen LogP contribution in [0.4, 0.5) is 0 Å². The first-order valence-corrected chi connectivity index (χ1v) is 7.22. The molecule has 102 valence electrons. The lowest BCUT2D eigenvalue weighted by atomic mass is 10.1. The first-order valence-electron chi connectivity index (χ1n) is 5.99. The van der Waals surface area contributed by atoms with Crippen LogP contribution in [0.1, 0.15) is 11.3 Å². The average Bonchev–Trinajstić information content (AvgIpc) is 2.90. The summed E-state index contributed by atoms with van der Waals surface area (Å²) in [6, 6.07) is 5.83. The fraction of sp³-hybridized carbons (Fsp3) is 0.143. The lowest BCUT2D eigenvalue weighted by molar-refractivity contribution is -0.115. The second-order valence-electron chi connectivity index (χ2n) is 4.43. The van der Waals surface area contributed by atoms with E-state index in [2.05, 4.69) is 10.3 Å². The topological polar surface area (TPSA) is 54.1 Å². The molecule has 2 heterocycles. The summed E-state index contributed by atoms with van der Waals surface area (Å²) in [7, 11) is 1.64. The van der Waals surface area contributed by atoms with E-state index in [0.29, 0.717) is 9.23 Å². The Balaban J connectivity index is 2.15. The number of hydrogen-bond acceptors (Lipinski definition) is 4. The molecule has 1 aromatic carbocycles. The van der Waals surface area contributed by atoms with Crippen molar-refractivity contribution >= 4 is 51.2 Å². The SMILES string of the molecule is COc1ccc2[nH]c(C)c(/C=C3/SC(=S)NC3=O)c2c1. The van der Waals surface area contributed by atoms with E-state index in [1.165, 1.54) is 11.8 Å². The second kappa shape index (κ2) is 4.96. The third kappa shape index (κ3) is 2.21. The fourth-order valence-electron chi connectivity index (χ4n) is 2.19. The zero-order valence-electron chi connectivity index (χ0n) is 10.9. The van der Waals surface area contributed by atoms with Crippen LogP contribution in [0.5, 0.6) is 5.75 Å². The fourth-order valence-corrected chi connectivity index (χ4v) is 3.22. The van der Waals surface area contributed by atoms with E-state index in [9.17, 15) is 4.79 Å². The van der Waals surface area contributed by atoms with Gasteiger partial charge in [0, 0.05) is 22.2 Å². The van der Waals surface area contributed by atoms with Gasteiger partial charge < -0.3 is 15.0 Å². The first-order chi connectivity index (χ1) is 9.58. The third-order valence-electron chi connectivity index (χ3n) is 3.16. The van der Waals surface area contributed by atoms with Gasteiger partial charge in [0.05, 0.1) is 12.0 Å². The summed E-state index contributed by atoms with van der Waals surface area (Å²) in [4.78, 5) is 15.7. The van der Waals surface area contributed by atoms with Crippen molar-refractivity contribution < 1.29 is 9.53 Å². The number of benzene rings is 1. The second-order valence-corrected chi connectivity index (χ2v) is 6.15. The van der Waals surface area contributed by atoms with Gasteiger partial charge in [0.2, 0.25) is 0 Å². The van der Waals surface area contributed by atoms with Crippen molar-refractivity contribution in [3.8, 4) is 5.75 Å². The van der Waals surface area contributed by atoms with Crippen LogP contribution in [0.3, 0.4) is 0 Å². The van der Waals surface area contributed by atoms with E-state index >= 15 is 0 Å². The zero-order valence-corrected chi connectivity index (χ0v) is 12.6. The monoisotopic (exact) mass is 304 g/mol. The van der Waals surface area contributed by atoms with Gasteiger partial charge in [-0.1, -0.05) is 24.0 Å². The number of hydrogen-bond donors (Lipinski definition) is 2. The number of fused-ring (bicyclic) bond motifs is 1. The van der Waals surface area contributed by atoms with Crippen LogP contribution in [0, 0.1) is 6.92 Å². The van der Waals surface area contributed by atoms with Crippen molar-refractivity contribution in [1.82, 2.24) is 10.3 Å². The van der Waals surface area contributed by atoms with Gasteiger partial charge >= 0.3 is 0 Å². The van der Waals surface area contributed by atoms with E-state index < -0.39 is 0 Å². The molecule has 2 aromatic rings. The molecule has 0 unspecified atom stereocenters. The highest BCUT2D eigenvalue weighted by atomic mass is 32.2. The normalized spacial score (nSPS) is 17.0. The molecule has 0 bridgehead atoms. The molecule has 0 aliphatic carbocycles. The van der Waals surface area contributed by atoms with E-state index in [1.54, 1.807) is 7.11 Å². The highest BCUT2D eigenvalue weighted by Gasteiger charge is 2.23. The molecule has 1 aliphatic rings. The molecule has 1 fully saturated rings. The zero-order chi connectivity index (χ0) is 14.3. The number of nitrogens with one attached hydrogen (secondary N) is 2. The van der Waals surface area contributed by atoms with Crippen LogP contribution in [0.15, 0.2) is 23.1 Å². The molecular formula is C14H12N2O2S2. The lowest BCUT2D eigenvalue weighted by Crippen LogP contribution is -2.17. The predicted molar refractivity (Wildman–Crippen MR) is 85.9 cm³/mol.